The van der Waals surface area contributed by atoms with Crippen molar-refractivity contribution in [2.45, 2.75) is 33.1 Å². The molecule has 5 rings (SSSR count). The van der Waals surface area contributed by atoms with E-state index in [1.165, 1.54) is 16.7 Å². The second kappa shape index (κ2) is 11.3. The summed E-state index contributed by atoms with van der Waals surface area (Å²) in [5, 5.41) is 6.17. The van der Waals surface area contributed by atoms with Crippen LogP contribution in [0.4, 0.5) is 17.2 Å². The molecule has 0 aliphatic carbocycles. The maximum absolute atomic E-state index is 13.1. The monoisotopic (exact) mass is 559 g/mol. The molecule has 0 saturated carbocycles. The number of hydrogen-bond acceptors (Lipinski definition) is 5. The average molecular weight is 560 g/mol. The Bertz CT molecular complexity index is 1860. The molecule has 8 heteroatoms. The van der Waals surface area contributed by atoms with E-state index in [-0.39, 0.29) is 28.1 Å². The molecule has 3 aromatic carbocycles. The van der Waals surface area contributed by atoms with Crippen LogP contribution in [0, 0.1) is 6.92 Å². The first-order valence-corrected chi connectivity index (χ1v) is 13.6. The highest BCUT2D eigenvalue weighted by molar-refractivity contribution is 6.05. The van der Waals surface area contributed by atoms with E-state index >= 15 is 0 Å². The van der Waals surface area contributed by atoms with E-state index in [0.29, 0.717) is 22.6 Å². The highest BCUT2D eigenvalue weighted by Gasteiger charge is 2.16. The van der Waals surface area contributed by atoms with Crippen LogP contribution in [0.5, 0.6) is 0 Å². The van der Waals surface area contributed by atoms with E-state index in [9.17, 15) is 14.4 Å². The highest BCUT2D eigenvalue weighted by Crippen LogP contribution is 2.29. The van der Waals surface area contributed by atoms with Gasteiger partial charge < -0.3 is 19.8 Å². The Labute approximate surface area is 244 Å². The number of hydrogen-bond donors (Lipinski definition) is 2. The summed E-state index contributed by atoms with van der Waals surface area (Å²) in [4.78, 5) is 42.1. The summed E-state index contributed by atoms with van der Waals surface area (Å²) >= 11 is 0. The van der Waals surface area contributed by atoms with Crippen LogP contribution in [-0.2, 0) is 12.5 Å². The summed E-state index contributed by atoms with van der Waals surface area (Å²) in [5.74, 6) is -0.0176. The Morgan fingerprint density at radius 1 is 0.857 bits per heavy atom. The second-order valence-corrected chi connectivity index (χ2v) is 11.3. The molecule has 2 heterocycles. The largest absolute Gasteiger partial charge is 0.336 e. The molecule has 0 spiro atoms. The molecule has 0 saturated heterocycles. The molecular weight excluding hydrogens is 526 g/mol. The molecule has 8 nitrogen and oxygen atoms in total. The summed E-state index contributed by atoms with van der Waals surface area (Å²) in [7, 11) is 1.68. The molecule has 2 N–H and O–H groups in total. The Hall–Kier alpha value is -5.24. The summed E-state index contributed by atoms with van der Waals surface area (Å²) in [6.45, 7) is 8.33. The molecule has 2 aromatic heterocycles. The predicted molar refractivity (Wildman–Crippen MR) is 168 cm³/mol. The van der Waals surface area contributed by atoms with Gasteiger partial charge in [0, 0.05) is 66.0 Å². The van der Waals surface area contributed by atoms with E-state index in [4.69, 9.17) is 0 Å². The fourth-order valence-electron chi connectivity index (χ4n) is 4.62. The van der Waals surface area contributed by atoms with Crippen LogP contribution in [-0.4, -0.2) is 20.0 Å². The molecule has 0 aliphatic rings. The van der Waals surface area contributed by atoms with Gasteiger partial charge in [0.1, 0.15) is 0 Å². The van der Waals surface area contributed by atoms with Crippen LogP contribution in [0.3, 0.4) is 0 Å². The topological polar surface area (TPSA) is 98.0 Å². The Balaban J connectivity index is 1.39. The van der Waals surface area contributed by atoms with E-state index < -0.39 is 0 Å². The van der Waals surface area contributed by atoms with Crippen molar-refractivity contribution in [2.24, 2.45) is 7.05 Å². The van der Waals surface area contributed by atoms with Crippen LogP contribution in [0.25, 0.3) is 16.9 Å². The van der Waals surface area contributed by atoms with Crippen molar-refractivity contribution >= 4 is 23.1 Å². The van der Waals surface area contributed by atoms with Gasteiger partial charge in [-0.1, -0.05) is 45.0 Å². The zero-order valence-electron chi connectivity index (χ0n) is 24.3. The van der Waals surface area contributed by atoms with Crippen molar-refractivity contribution in [1.82, 2.24) is 14.1 Å². The van der Waals surface area contributed by atoms with Crippen molar-refractivity contribution < 1.29 is 4.79 Å². The summed E-state index contributed by atoms with van der Waals surface area (Å²) < 4.78 is 3.32. The number of carbonyl (C=O) groups is 1. The van der Waals surface area contributed by atoms with Crippen molar-refractivity contribution in [3.05, 3.63) is 135 Å². The Morgan fingerprint density at radius 3 is 2.17 bits per heavy atom. The quantitative estimate of drug-likeness (QED) is 0.258. The molecule has 0 fully saturated rings. The second-order valence-electron chi connectivity index (χ2n) is 11.3. The average Bonchev–Trinajstić information content (AvgIpc) is 2.97. The van der Waals surface area contributed by atoms with E-state index in [0.717, 1.165) is 22.4 Å². The van der Waals surface area contributed by atoms with Crippen molar-refractivity contribution in [3.63, 3.8) is 0 Å². The van der Waals surface area contributed by atoms with Crippen molar-refractivity contribution in [3.8, 4) is 16.9 Å². The zero-order chi connectivity index (χ0) is 30.0. The summed E-state index contributed by atoms with van der Waals surface area (Å²) in [6.07, 6.45) is 5.09. The van der Waals surface area contributed by atoms with Gasteiger partial charge in [0.2, 0.25) is 0 Å². The standard InChI is InChI=1S/C34H33N5O3/c1-22-28(7-6-8-29(22)37-32(41)23-9-11-24(12-10-23)34(2,3)4)30-21-38(5)33(42)31(36-30)35-25-13-15-26(16-14-25)39-19-17-27(40)18-20-39/h6-21H,1-5H3,(H,35,36)(H,37,41). The van der Waals surface area contributed by atoms with Gasteiger partial charge in [0.25, 0.3) is 11.5 Å². The molecule has 0 atom stereocenters. The van der Waals surface area contributed by atoms with Crippen LogP contribution in [0.2, 0.25) is 0 Å². The minimum Gasteiger partial charge on any atom is -0.336 e. The number of nitrogens with one attached hydrogen (secondary N) is 2. The summed E-state index contributed by atoms with van der Waals surface area (Å²) in [6, 6.07) is 23.7. The molecule has 5 aromatic rings. The lowest BCUT2D eigenvalue weighted by molar-refractivity contribution is 0.102. The number of nitrogens with zero attached hydrogens (tertiary/aromatic N) is 3. The number of amides is 1. The smallest absolute Gasteiger partial charge is 0.293 e. The number of aromatic nitrogens is 3. The van der Waals surface area contributed by atoms with Crippen LogP contribution >= 0.6 is 0 Å². The zero-order valence-corrected chi connectivity index (χ0v) is 24.3. The van der Waals surface area contributed by atoms with Gasteiger partial charge in [-0.2, -0.15) is 0 Å². The number of pyridine rings is 1. The molecule has 0 unspecified atom stereocenters. The molecule has 0 aliphatic heterocycles. The third-order valence-corrected chi connectivity index (χ3v) is 7.17. The fourth-order valence-corrected chi connectivity index (χ4v) is 4.62. The SMILES string of the molecule is Cc1c(NC(=O)c2ccc(C(C)(C)C)cc2)cccc1-c1cn(C)c(=O)c(Nc2ccc(-n3ccc(=O)cc3)cc2)n1. The normalized spacial score (nSPS) is 11.3. The van der Waals surface area contributed by atoms with Crippen LogP contribution < -0.4 is 21.6 Å². The molecule has 1 amide bonds. The Morgan fingerprint density at radius 2 is 1.52 bits per heavy atom. The maximum atomic E-state index is 13.1. The first-order chi connectivity index (χ1) is 20.0. The molecule has 0 bridgehead atoms. The van der Waals surface area contributed by atoms with Gasteiger partial charge in [0.05, 0.1) is 5.69 Å². The lowest BCUT2D eigenvalue weighted by atomic mass is 9.86. The van der Waals surface area contributed by atoms with Crippen molar-refractivity contribution in [2.75, 3.05) is 10.6 Å². The minimum atomic E-state index is -0.274. The first kappa shape index (κ1) is 28.3. The number of aryl methyl sites for hydroxylation is 1. The molecule has 212 valence electrons. The maximum Gasteiger partial charge on any atom is 0.293 e. The highest BCUT2D eigenvalue weighted by atomic mass is 16.1. The van der Waals surface area contributed by atoms with E-state index in [2.05, 4.69) is 36.4 Å². The third-order valence-electron chi connectivity index (χ3n) is 7.17. The van der Waals surface area contributed by atoms with Gasteiger partial charge in [-0.05, 0) is 65.9 Å². The van der Waals surface area contributed by atoms with Gasteiger partial charge >= 0.3 is 0 Å². The lowest BCUT2D eigenvalue weighted by Gasteiger charge is -2.19. The molecule has 42 heavy (non-hydrogen) atoms. The van der Waals surface area contributed by atoms with Gasteiger partial charge in [-0.15, -0.1) is 0 Å². The third kappa shape index (κ3) is 6.07. The van der Waals surface area contributed by atoms with Gasteiger partial charge in [-0.3, -0.25) is 14.4 Å². The lowest BCUT2D eigenvalue weighted by Crippen LogP contribution is -2.21. The van der Waals surface area contributed by atoms with E-state index in [1.807, 2.05) is 78.2 Å². The number of carbonyl (C=O) groups excluding carboxylic acids is 1. The fraction of sp³-hybridized carbons (Fsp3) is 0.176. The number of anilines is 3. The van der Waals surface area contributed by atoms with Crippen molar-refractivity contribution in [1.29, 1.82) is 0 Å². The number of rotatable bonds is 6. The minimum absolute atomic E-state index is 0.00480. The predicted octanol–water partition coefficient (Wildman–Crippen LogP) is 6.20. The summed E-state index contributed by atoms with van der Waals surface area (Å²) in [5.41, 5.74) is 5.86. The van der Waals surface area contributed by atoms with Gasteiger partial charge in [0.15, 0.2) is 11.2 Å². The molecular formula is C34H33N5O3. The van der Waals surface area contributed by atoms with Crippen LogP contribution in [0.15, 0.2) is 107 Å². The first-order valence-electron chi connectivity index (χ1n) is 13.6. The van der Waals surface area contributed by atoms with Gasteiger partial charge in [-0.25, -0.2) is 4.98 Å². The van der Waals surface area contributed by atoms with E-state index in [1.54, 1.807) is 25.6 Å². The Kier molecular flexibility index (Phi) is 7.63. The molecule has 0 radical (unpaired) electrons. The number of benzene rings is 3. The van der Waals surface area contributed by atoms with Crippen LogP contribution in [0.1, 0.15) is 42.3 Å².